The van der Waals surface area contributed by atoms with Gasteiger partial charge in [0.15, 0.2) is 0 Å². The van der Waals surface area contributed by atoms with Gasteiger partial charge in [-0.25, -0.2) is 4.68 Å². The van der Waals surface area contributed by atoms with Crippen molar-refractivity contribution in [3.63, 3.8) is 0 Å². The maximum atomic E-state index is 8.77. The number of aliphatic hydroxyl groups is 1. The van der Waals surface area contributed by atoms with E-state index in [1.807, 2.05) is 37.4 Å². The van der Waals surface area contributed by atoms with Crippen LogP contribution >= 0.6 is 0 Å². The molecule has 0 aliphatic carbocycles. The van der Waals surface area contributed by atoms with Crippen LogP contribution in [0.15, 0.2) is 30.5 Å². The molecule has 1 aromatic carbocycles. The molecular formula is C11H13N3O. The quantitative estimate of drug-likeness (QED) is 0.813. The third-order valence-corrected chi connectivity index (χ3v) is 2.17. The molecule has 1 aromatic heterocycles. The highest BCUT2D eigenvalue weighted by Gasteiger charge is 2.01. The minimum absolute atomic E-state index is 0.104. The molecule has 0 unspecified atom stereocenters. The fourth-order valence-electron chi connectivity index (χ4n) is 1.42. The SMILES string of the molecule is Cc1cccc(-n2cc(CCO)nn2)c1. The Balaban J connectivity index is 2.29. The van der Waals surface area contributed by atoms with Crippen molar-refractivity contribution in [3.05, 3.63) is 41.7 Å². The second kappa shape index (κ2) is 4.23. The maximum absolute atomic E-state index is 8.77. The average Bonchev–Trinajstić information content (AvgIpc) is 2.67. The molecule has 0 fully saturated rings. The lowest BCUT2D eigenvalue weighted by Crippen LogP contribution is -1.94. The summed E-state index contributed by atoms with van der Waals surface area (Å²) in [4.78, 5) is 0. The smallest absolute Gasteiger partial charge is 0.0854 e. The molecular weight excluding hydrogens is 190 g/mol. The van der Waals surface area contributed by atoms with E-state index in [0.717, 1.165) is 11.4 Å². The average molecular weight is 203 g/mol. The summed E-state index contributed by atoms with van der Waals surface area (Å²) in [6.45, 7) is 2.14. The second-order valence-electron chi connectivity index (χ2n) is 3.47. The first-order chi connectivity index (χ1) is 7.29. The molecule has 2 aromatic rings. The van der Waals surface area contributed by atoms with E-state index in [2.05, 4.69) is 10.3 Å². The van der Waals surface area contributed by atoms with E-state index in [-0.39, 0.29) is 6.61 Å². The highest BCUT2D eigenvalue weighted by atomic mass is 16.3. The predicted molar refractivity (Wildman–Crippen MR) is 56.9 cm³/mol. The summed E-state index contributed by atoms with van der Waals surface area (Å²) < 4.78 is 1.72. The minimum Gasteiger partial charge on any atom is -0.396 e. The topological polar surface area (TPSA) is 50.9 Å². The number of benzene rings is 1. The molecule has 0 atom stereocenters. The summed E-state index contributed by atoms with van der Waals surface area (Å²) in [6, 6.07) is 8.04. The Bertz CT molecular complexity index is 451. The van der Waals surface area contributed by atoms with Gasteiger partial charge in [0, 0.05) is 13.0 Å². The highest BCUT2D eigenvalue weighted by Crippen LogP contribution is 2.09. The summed E-state index contributed by atoms with van der Waals surface area (Å²) >= 11 is 0. The van der Waals surface area contributed by atoms with Crippen molar-refractivity contribution >= 4 is 0 Å². The van der Waals surface area contributed by atoms with Crippen LogP contribution in [-0.4, -0.2) is 26.7 Å². The lowest BCUT2D eigenvalue weighted by Gasteiger charge is -2.00. The first kappa shape index (κ1) is 9.86. The molecule has 0 aliphatic heterocycles. The van der Waals surface area contributed by atoms with Gasteiger partial charge in [-0.3, -0.25) is 0 Å². The van der Waals surface area contributed by atoms with E-state index < -0.39 is 0 Å². The van der Waals surface area contributed by atoms with Crippen LogP contribution < -0.4 is 0 Å². The number of aryl methyl sites for hydroxylation is 1. The maximum Gasteiger partial charge on any atom is 0.0854 e. The second-order valence-corrected chi connectivity index (χ2v) is 3.47. The lowest BCUT2D eigenvalue weighted by atomic mass is 10.2. The molecule has 0 amide bonds. The Morgan fingerprint density at radius 3 is 3.00 bits per heavy atom. The molecule has 0 spiro atoms. The van der Waals surface area contributed by atoms with Gasteiger partial charge in [0.25, 0.3) is 0 Å². The van der Waals surface area contributed by atoms with Gasteiger partial charge in [-0.15, -0.1) is 5.10 Å². The molecule has 0 bridgehead atoms. The van der Waals surface area contributed by atoms with Crippen molar-refractivity contribution in [1.82, 2.24) is 15.0 Å². The van der Waals surface area contributed by atoms with Crippen LogP contribution in [0.4, 0.5) is 0 Å². The first-order valence-electron chi connectivity index (χ1n) is 4.89. The number of aliphatic hydroxyl groups excluding tert-OH is 1. The van der Waals surface area contributed by atoms with Gasteiger partial charge in [0.05, 0.1) is 17.6 Å². The standard InChI is InChI=1S/C11H13N3O/c1-9-3-2-4-11(7-9)14-8-10(5-6-15)12-13-14/h2-4,7-8,15H,5-6H2,1H3. The van der Waals surface area contributed by atoms with Crippen LogP contribution in [-0.2, 0) is 6.42 Å². The predicted octanol–water partition coefficient (Wildman–Crippen LogP) is 1.11. The van der Waals surface area contributed by atoms with Gasteiger partial charge >= 0.3 is 0 Å². The Kier molecular flexibility index (Phi) is 2.78. The zero-order valence-corrected chi connectivity index (χ0v) is 8.59. The van der Waals surface area contributed by atoms with Gasteiger partial charge in [-0.05, 0) is 24.6 Å². The van der Waals surface area contributed by atoms with E-state index in [1.54, 1.807) is 4.68 Å². The first-order valence-corrected chi connectivity index (χ1v) is 4.89. The summed E-state index contributed by atoms with van der Waals surface area (Å²) in [5.41, 5.74) is 2.98. The Labute approximate surface area is 88.2 Å². The van der Waals surface area contributed by atoms with Crippen LogP contribution in [0.2, 0.25) is 0 Å². The molecule has 0 saturated heterocycles. The van der Waals surface area contributed by atoms with Crippen molar-refractivity contribution in [2.45, 2.75) is 13.3 Å². The highest BCUT2D eigenvalue weighted by molar-refractivity contribution is 5.34. The van der Waals surface area contributed by atoms with E-state index >= 15 is 0 Å². The zero-order valence-electron chi connectivity index (χ0n) is 8.59. The van der Waals surface area contributed by atoms with E-state index in [4.69, 9.17) is 5.11 Å². The van der Waals surface area contributed by atoms with Gasteiger partial charge in [0.2, 0.25) is 0 Å². The monoisotopic (exact) mass is 203 g/mol. The number of aromatic nitrogens is 3. The molecule has 15 heavy (non-hydrogen) atoms. The normalized spacial score (nSPS) is 10.5. The lowest BCUT2D eigenvalue weighted by molar-refractivity contribution is 0.298. The number of rotatable bonds is 3. The number of hydrogen-bond donors (Lipinski definition) is 1. The number of hydrogen-bond acceptors (Lipinski definition) is 3. The molecule has 0 aliphatic rings. The zero-order chi connectivity index (χ0) is 10.7. The van der Waals surface area contributed by atoms with Crippen LogP contribution in [0.25, 0.3) is 5.69 Å². The van der Waals surface area contributed by atoms with Crippen molar-refractivity contribution in [2.75, 3.05) is 6.61 Å². The van der Waals surface area contributed by atoms with Crippen LogP contribution in [0.3, 0.4) is 0 Å². The van der Waals surface area contributed by atoms with Gasteiger partial charge in [-0.1, -0.05) is 17.3 Å². The van der Waals surface area contributed by atoms with Crippen molar-refractivity contribution < 1.29 is 5.11 Å². The van der Waals surface area contributed by atoms with Crippen LogP contribution in [0.5, 0.6) is 0 Å². The van der Waals surface area contributed by atoms with Gasteiger partial charge < -0.3 is 5.11 Å². The number of nitrogens with zero attached hydrogens (tertiary/aromatic N) is 3. The molecule has 4 heteroatoms. The largest absolute Gasteiger partial charge is 0.396 e. The van der Waals surface area contributed by atoms with E-state index in [1.165, 1.54) is 5.56 Å². The Morgan fingerprint density at radius 1 is 1.40 bits per heavy atom. The summed E-state index contributed by atoms with van der Waals surface area (Å²) in [6.07, 6.45) is 2.39. The molecule has 2 rings (SSSR count). The van der Waals surface area contributed by atoms with E-state index in [9.17, 15) is 0 Å². The molecule has 1 heterocycles. The molecule has 78 valence electrons. The molecule has 0 saturated carbocycles. The van der Waals surface area contributed by atoms with Gasteiger partial charge in [-0.2, -0.15) is 0 Å². The van der Waals surface area contributed by atoms with Crippen molar-refractivity contribution in [3.8, 4) is 5.69 Å². The Morgan fingerprint density at radius 2 is 2.27 bits per heavy atom. The van der Waals surface area contributed by atoms with Crippen LogP contribution in [0, 0.1) is 6.92 Å². The summed E-state index contributed by atoms with van der Waals surface area (Å²) in [5.74, 6) is 0. The Hall–Kier alpha value is -1.68. The third kappa shape index (κ3) is 2.22. The fraction of sp³-hybridized carbons (Fsp3) is 0.273. The van der Waals surface area contributed by atoms with E-state index in [0.29, 0.717) is 6.42 Å². The van der Waals surface area contributed by atoms with Gasteiger partial charge in [0.1, 0.15) is 0 Å². The van der Waals surface area contributed by atoms with Crippen LogP contribution in [0.1, 0.15) is 11.3 Å². The fourth-order valence-corrected chi connectivity index (χ4v) is 1.42. The summed E-state index contributed by atoms with van der Waals surface area (Å²) in [5, 5.41) is 16.7. The van der Waals surface area contributed by atoms with Crippen molar-refractivity contribution in [2.24, 2.45) is 0 Å². The third-order valence-electron chi connectivity index (χ3n) is 2.17. The minimum atomic E-state index is 0.104. The van der Waals surface area contributed by atoms with Crippen molar-refractivity contribution in [1.29, 1.82) is 0 Å². The summed E-state index contributed by atoms with van der Waals surface area (Å²) in [7, 11) is 0. The molecule has 4 nitrogen and oxygen atoms in total. The molecule has 0 radical (unpaired) electrons. The molecule has 1 N–H and O–H groups in total.